The molecule has 2 fully saturated rings. The van der Waals surface area contributed by atoms with Crippen LogP contribution in [0.5, 0.6) is 0 Å². The van der Waals surface area contributed by atoms with Crippen molar-refractivity contribution in [2.45, 2.75) is 70.0 Å². The minimum atomic E-state index is -0.552. The molecule has 2 atom stereocenters. The molecule has 1 aliphatic carbocycles. The molecule has 2 aliphatic rings. The third-order valence-electron chi connectivity index (χ3n) is 5.42. The number of aromatic nitrogens is 1. The molecule has 0 radical (unpaired) electrons. The summed E-state index contributed by atoms with van der Waals surface area (Å²) in [7, 11) is 0. The Hall–Kier alpha value is -2.15. The summed E-state index contributed by atoms with van der Waals surface area (Å²) in [4.78, 5) is 25.6. The summed E-state index contributed by atoms with van der Waals surface area (Å²) in [5.74, 6) is 0.0406. The maximum absolute atomic E-state index is 13.0. The predicted octanol–water partition coefficient (Wildman–Crippen LogP) is 0.990. The highest BCUT2D eigenvalue weighted by atomic mass is 16.5. The van der Waals surface area contributed by atoms with Gasteiger partial charge in [-0.05, 0) is 50.6 Å². The molecule has 2 unspecified atom stereocenters. The standard InChI is InChI=1S/C20H30N4O3/c1-14(2)12-17(22-18(25)16-7-3-4-10-21-16)19(26)23-20(8-9-20)15-6-5-11-24(27)13-15/h5-6,11,13-14,16-17,21H,3-4,7-10,12H2,1-2H3,(H2-,22,23,25,26,27)/p+1. The van der Waals surface area contributed by atoms with Gasteiger partial charge in [0.2, 0.25) is 24.2 Å². The number of carbonyl (C=O) groups excluding carboxylic acids is 2. The van der Waals surface area contributed by atoms with Gasteiger partial charge in [-0.2, -0.15) is 0 Å². The van der Waals surface area contributed by atoms with Crippen LogP contribution in [0.15, 0.2) is 24.5 Å². The summed E-state index contributed by atoms with van der Waals surface area (Å²) < 4.78 is 1.00. The minimum absolute atomic E-state index is 0.0896. The summed E-state index contributed by atoms with van der Waals surface area (Å²) in [6, 6.07) is 2.90. The van der Waals surface area contributed by atoms with Crippen molar-refractivity contribution in [2.24, 2.45) is 5.92 Å². The van der Waals surface area contributed by atoms with Crippen LogP contribution in [0.2, 0.25) is 0 Å². The third-order valence-corrected chi connectivity index (χ3v) is 5.42. The van der Waals surface area contributed by atoms with Crippen LogP contribution >= 0.6 is 0 Å². The van der Waals surface area contributed by atoms with E-state index in [0.717, 1.165) is 48.9 Å². The van der Waals surface area contributed by atoms with Gasteiger partial charge < -0.3 is 16.0 Å². The summed E-state index contributed by atoms with van der Waals surface area (Å²) in [5, 5.41) is 19.0. The molecule has 7 heteroatoms. The van der Waals surface area contributed by atoms with Crippen LogP contribution in [0, 0.1) is 5.92 Å². The second-order valence-corrected chi connectivity index (χ2v) is 8.24. The molecule has 148 valence electrons. The van der Waals surface area contributed by atoms with E-state index < -0.39 is 11.6 Å². The van der Waals surface area contributed by atoms with E-state index in [4.69, 9.17) is 0 Å². The molecule has 1 aliphatic heterocycles. The first-order valence-corrected chi connectivity index (χ1v) is 9.96. The number of rotatable bonds is 7. The molecule has 0 spiro atoms. The zero-order valence-electron chi connectivity index (χ0n) is 16.2. The maximum Gasteiger partial charge on any atom is 0.243 e. The van der Waals surface area contributed by atoms with Gasteiger partial charge in [-0.3, -0.25) is 14.8 Å². The van der Waals surface area contributed by atoms with E-state index in [9.17, 15) is 14.8 Å². The molecule has 2 heterocycles. The number of hydrogen-bond donors (Lipinski definition) is 4. The fraction of sp³-hybridized carbons (Fsp3) is 0.650. The van der Waals surface area contributed by atoms with Crippen LogP contribution in [0.3, 0.4) is 0 Å². The summed E-state index contributed by atoms with van der Waals surface area (Å²) >= 11 is 0. The molecule has 0 bridgehead atoms. The highest BCUT2D eigenvalue weighted by Crippen LogP contribution is 2.45. The zero-order chi connectivity index (χ0) is 19.4. The Labute approximate surface area is 160 Å². The van der Waals surface area contributed by atoms with Gasteiger partial charge in [-0.1, -0.05) is 20.3 Å². The smallest absolute Gasteiger partial charge is 0.243 e. The lowest BCUT2D eigenvalue weighted by Crippen LogP contribution is -2.55. The Morgan fingerprint density at radius 3 is 2.74 bits per heavy atom. The van der Waals surface area contributed by atoms with E-state index in [1.165, 1.54) is 0 Å². The lowest BCUT2D eigenvalue weighted by Gasteiger charge is -2.27. The van der Waals surface area contributed by atoms with Crippen LogP contribution in [0.4, 0.5) is 0 Å². The van der Waals surface area contributed by atoms with Crippen molar-refractivity contribution in [3.63, 3.8) is 0 Å². The van der Waals surface area contributed by atoms with Gasteiger partial charge in [-0.25, -0.2) is 0 Å². The number of hydrogen-bond acceptors (Lipinski definition) is 4. The molecular formula is C20H31N4O3+. The van der Waals surface area contributed by atoms with Crippen molar-refractivity contribution < 1.29 is 19.5 Å². The Morgan fingerprint density at radius 1 is 1.37 bits per heavy atom. The molecule has 2 amide bonds. The average Bonchev–Trinajstić information content (AvgIpc) is 3.42. The molecule has 27 heavy (non-hydrogen) atoms. The van der Waals surface area contributed by atoms with Gasteiger partial charge in [0.1, 0.15) is 6.04 Å². The largest absolute Gasteiger partial charge is 0.345 e. The van der Waals surface area contributed by atoms with E-state index >= 15 is 0 Å². The molecular weight excluding hydrogens is 344 g/mol. The molecule has 3 rings (SSSR count). The Bertz CT molecular complexity index is 682. The van der Waals surface area contributed by atoms with Crippen molar-refractivity contribution >= 4 is 11.8 Å². The normalized spacial score (nSPS) is 22.1. The lowest BCUT2D eigenvalue weighted by atomic mass is 9.99. The van der Waals surface area contributed by atoms with E-state index in [1.807, 2.05) is 19.9 Å². The van der Waals surface area contributed by atoms with Gasteiger partial charge >= 0.3 is 0 Å². The molecule has 1 aromatic heterocycles. The first-order chi connectivity index (χ1) is 12.9. The van der Waals surface area contributed by atoms with E-state index in [1.54, 1.807) is 18.5 Å². The van der Waals surface area contributed by atoms with E-state index in [2.05, 4.69) is 16.0 Å². The third kappa shape index (κ3) is 4.97. The van der Waals surface area contributed by atoms with Crippen molar-refractivity contribution in [3.05, 3.63) is 30.1 Å². The number of nitrogens with zero attached hydrogens (tertiary/aromatic N) is 1. The van der Waals surface area contributed by atoms with Gasteiger partial charge in [0, 0.05) is 16.4 Å². The molecule has 1 aromatic rings. The van der Waals surface area contributed by atoms with Crippen LogP contribution in [-0.2, 0) is 15.1 Å². The van der Waals surface area contributed by atoms with Gasteiger partial charge in [0.15, 0.2) is 0 Å². The first kappa shape index (κ1) is 19.6. The Morgan fingerprint density at radius 2 is 2.15 bits per heavy atom. The second kappa shape index (κ2) is 8.25. The summed E-state index contributed by atoms with van der Waals surface area (Å²) in [5.41, 5.74) is 0.440. The predicted molar refractivity (Wildman–Crippen MR) is 99.9 cm³/mol. The second-order valence-electron chi connectivity index (χ2n) is 8.24. The van der Waals surface area contributed by atoms with Crippen molar-refractivity contribution in [2.75, 3.05) is 6.54 Å². The average molecular weight is 375 g/mol. The summed E-state index contributed by atoms with van der Waals surface area (Å²) in [6.07, 6.45) is 8.34. The molecule has 1 saturated heterocycles. The highest BCUT2D eigenvalue weighted by Gasteiger charge is 2.48. The zero-order valence-corrected chi connectivity index (χ0v) is 16.2. The SMILES string of the molecule is CC(C)CC(NC(=O)C1CCCCN1)C(=O)NC1(c2ccc[n+](O)c2)CC1. The van der Waals surface area contributed by atoms with Gasteiger partial charge in [0.05, 0.1) is 11.6 Å². The highest BCUT2D eigenvalue weighted by molar-refractivity contribution is 5.90. The van der Waals surface area contributed by atoms with Gasteiger partial charge in [0.25, 0.3) is 0 Å². The monoisotopic (exact) mass is 375 g/mol. The van der Waals surface area contributed by atoms with Gasteiger partial charge in [-0.15, -0.1) is 0 Å². The Kier molecular flexibility index (Phi) is 5.99. The number of amides is 2. The van der Waals surface area contributed by atoms with Crippen LogP contribution in [0.25, 0.3) is 0 Å². The molecule has 1 saturated carbocycles. The fourth-order valence-corrected chi connectivity index (χ4v) is 3.73. The van der Waals surface area contributed by atoms with Crippen molar-refractivity contribution in [1.29, 1.82) is 0 Å². The van der Waals surface area contributed by atoms with Crippen molar-refractivity contribution in [3.8, 4) is 0 Å². The first-order valence-electron chi connectivity index (χ1n) is 9.96. The summed E-state index contributed by atoms with van der Waals surface area (Å²) in [6.45, 7) is 4.94. The van der Waals surface area contributed by atoms with E-state index in [0.29, 0.717) is 6.42 Å². The van der Waals surface area contributed by atoms with Crippen LogP contribution in [-0.4, -0.2) is 35.7 Å². The van der Waals surface area contributed by atoms with E-state index in [-0.39, 0.29) is 23.8 Å². The number of carbonyl (C=O) groups is 2. The quantitative estimate of drug-likeness (QED) is 0.422. The molecule has 7 nitrogen and oxygen atoms in total. The van der Waals surface area contributed by atoms with Crippen LogP contribution in [0.1, 0.15) is 57.9 Å². The van der Waals surface area contributed by atoms with Crippen molar-refractivity contribution in [1.82, 2.24) is 16.0 Å². The topological polar surface area (TPSA) is 94.3 Å². The minimum Gasteiger partial charge on any atom is -0.345 e. The number of pyridine rings is 1. The maximum atomic E-state index is 13.0. The molecule has 4 N–H and O–H groups in total. The number of piperidine rings is 1. The lowest BCUT2D eigenvalue weighted by molar-refractivity contribution is -0.905. The number of nitrogens with one attached hydrogen (secondary N) is 3. The molecule has 0 aromatic carbocycles. The fourth-order valence-electron chi connectivity index (χ4n) is 3.73. The van der Waals surface area contributed by atoms with Crippen LogP contribution < -0.4 is 20.7 Å². The Balaban J connectivity index is 1.67.